The SMILES string of the molecule is CCn1ccnc(N2CCCC(NC)C2)c1=O. The van der Waals surface area contributed by atoms with Gasteiger partial charge in [0.05, 0.1) is 0 Å². The second-order valence-corrected chi connectivity index (χ2v) is 4.42. The van der Waals surface area contributed by atoms with E-state index in [1.54, 1.807) is 17.0 Å². The molecule has 1 saturated heterocycles. The molecule has 1 atom stereocenters. The Morgan fingerprint density at radius 3 is 3.12 bits per heavy atom. The van der Waals surface area contributed by atoms with Crippen LogP contribution in [0.1, 0.15) is 19.8 Å². The normalized spacial score (nSPS) is 20.6. The molecule has 0 aliphatic carbocycles. The Bertz CT molecular complexity index is 429. The number of anilines is 1. The van der Waals surface area contributed by atoms with Crippen molar-refractivity contribution in [1.82, 2.24) is 14.9 Å². The molecule has 2 heterocycles. The molecular formula is C12H20N4O. The van der Waals surface area contributed by atoms with Gasteiger partial charge < -0.3 is 14.8 Å². The monoisotopic (exact) mass is 236 g/mol. The van der Waals surface area contributed by atoms with Gasteiger partial charge in [-0.3, -0.25) is 4.79 Å². The lowest BCUT2D eigenvalue weighted by Crippen LogP contribution is -2.47. The molecule has 2 rings (SSSR count). The first kappa shape index (κ1) is 12.1. The van der Waals surface area contributed by atoms with Crippen LogP contribution in [0.3, 0.4) is 0 Å². The summed E-state index contributed by atoms with van der Waals surface area (Å²) < 4.78 is 1.70. The maximum absolute atomic E-state index is 12.1. The topological polar surface area (TPSA) is 50.2 Å². The van der Waals surface area contributed by atoms with Crippen LogP contribution < -0.4 is 15.8 Å². The highest BCUT2D eigenvalue weighted by atomic mass is 16.1. The third kappa shape index (κ3) is 2.49. The molecule has 1 unspecified atom stereocenters. The second-order valence-electron chi connectivity index (χ2n) is 4.42. The van der Waals surface area contributed by atoms with Crippen LogP contribution in [-0.4, -0.2) is 35.7 Å². The second kappa shape index (κ2) is 5.31. The summed E-state index contributed by atoms with van der Waals surface area (Å²) in [6.45, 7) is 4.45. The van der Waals surface area contributed by atoms with Crippen molar-refractivity contribution in [1.29, 1.82) is 0 Å². The molecular weight excluding hydrogens is 216 g/mol. The Kier molecular flexibility index (Phi) is 3.78. The van der Waals surface area contributed by atoms with Gasteiger partial charge in [-0.25, -0.2) is 4.98 Å². The largest absolute Gasteiger partial charge is 0.350 e. The van der Waals surface area contributed by atoms with Crippen molar-refractivity contribution in [3.63, 3.8) is 0 Å². The van der Waals surface area contributed by atoms with Crippen molar-refractivity contribution in [3.8, 4) is 0 Å². The quantitative estimate of drug-likeness (QED) is 0.828. The van der Waals surface area contributed by atoms with Crippen molar-refractivity contribution in [3.05, 3.63) is 22.7 Å². The third-order valence-electron chi connectivity index (χ3n) is 3.37. The molecule has 1 aliphatic heterocycles. The van der Waals surface area contributed by atoms with Gasteiger partial charge >= 0.3 is 0 Å². The van der Waals surface area contributed by atoms with E-state index in [1.165, 1.54) is 6.42 Å². The van der Waals surface area contributed by atoms with Crippen LogP contribution >= 0.6 is 0 Å². The molecule has 1 N–H and O–H groups in total. The van der Waals surface area contributed by atoms with Gasteiger partial charge in [0, 0.05) is 38.1 Å². The zero-order valence-electron chi connectivity index (χ0n) is 10.5. The molecule has 0 spiro atoms. The molecule has 0 amide bonds. The first-order valence-corrected chi connectivity index (χ1v) is 6.24. The number of piperidine rings is 1. The molecule has 1 aliphatic rings. The standard InChI is InChI=1S/C12H20N4O/c1-3-15-8-6-14-11(12(15)17)16-7-4-5-10(9-16)13-2/h6,8,10,13H,3-5,7,9H2,1-2H3. The number of likely N-dealkylation sites (N-methyl/N-ethyl adjacent to an activating group) is 1. The van der Waals surface area contributed by atoms with Crippen LogP contribution in [0, 0.1) is 0 Å². The third-order valence-corrected chi connectivity index (χ3v) is 3.37. The average Bonchev–Trinajstić information content (AvgIpc) is 2.39. The lowest BCUT2D eigenvalue weighted by Gasteiger charge is -2.32. The molecule has 1 fully saturated rings. The van der Waals surface area contributed by atoms with Crippen molar-refractivity contribution in [2.75, 3.05) is 25.0 Å². The average molecular weight is 236 g/mol. The van der Waals surface area contributed by atoms with Gasteiger partial charge in [0.15, 0.2) is 5.82 Å². The fourth-order valence-corrected chi connectivity index (χ4v) is 2.31. The van der Waals surface area contributed by atoms with Crippen molar-refractivity contribution < 1.29 is 0 Å². The number of hydrogen-bond donors (Lipinski definition) is 1. The number of rotatable bonds is 3. The highest BCUT2D eigenvalue weighted by molar-refractivity contribution is 5.36. The smallest absolute Gasteiger partial charge is 0.293 e. The molecule has 0 saturated carbocycles. The predicted molar refractivity (Wildman–Crippen MR) is 68.5 cm³/mol. The summed E-state index contributed by atoms with van der Waals surface area (Å²) in [5.74, 6) is 0.592. The predicted octanol–water partition coefficient (Wildman–Crippen LogP) is 0.451. The summed E-state index contributed by atoms with van der Waals surface area (Å²) in [6.07, 6.45) is 5.73. The summed E-state index contributed by atoms with van der Waals surface area (Å²) in [6, 6.07) is 0.459. The Labute approximate surface area is 101 Å². The summed E-state index contributed by atoms with van der Waals surface area (Å²) in [5, 5.41) is 3.27. The summed E-state index contributed by atoms with van der Waals surface area (Å²) in [4.78, 5) is 18.5. The van der Waals surface area contributed by atoms with Gasteiger partial charge in [0.1, 0.15) is 0 Å². The number of nitrogens with zero attached hydrogens (tertiary/aromatic N) is 3. The molecule has 1 aromatic heterocycles. The molecule has 5 nitrogen and oxygen atoms in total. The number of aromatic nitrogens is 2. The van der Waals surface area contributed by atoms with E-state index < -0.39 is 0 Å². The fraction of sp³-hybridized carbons (Fsp3) is 0.667. The van der Waals surface area contributed by atoms with E-state index in [0.29, 0.717) is 18.4 Å². The Balaban J connectivity index is 2.24. The molecule has 1 aromatic rings. The molecule has 17 heavy (non-hydrogen) atoms. The van der Waals surface area contributed by atoms with Crippen molar-refractivity contribution >= 4 is 5.82 Å². The van der Waals surface area contributed by atoms with Gasteiger partial charge in [0.2, 0.25) is 0 Å². The van der Waals surface area contributed by atoms with Crippen LogP contribution in [0.5, 0.6) is 0 Å². The van der Waals surface area contributed by atoms with Gasteiger partial charge in [0.25, 0.3) is 5.56 Å². The first-order chi connectivity index (χ1) is 8.26. The van der Waals surface area contributed by atoms with Crippen molar-refractivity contribution in [2.45, 2.75) is 32.4 Å². The Morgan fingerprint density at radius 2 is 2.41 bits per heavy atom. The van der Waals surface area contributed by atoms with Crippen LogP contribution in [0.25, 0.3) is 0 Å². The fourth-order valence-electron chi connectivity index (χ4n) is 2.31. The van der Waals surface area contributed by atoms with Gasteiger partial charge in [-0.15, -0.1) is 0 Å². The lowest BCUT2D eigenvalue weighted by atomic mass is 10.1. The molecule has 5 heteroatoms. The van der Waals surface area contributed by atoms with E-state index in [9.17, 15) is 4.79 Å². The van der Waals surface area contributed by atoms with E-state index >= 15 is 0 Å². The highest BCUT2D eigenvalue weighted by Crippen LogP contribution is 2.14. The minimum atomic E-state index is 0.0201. The molecule has 0 radical (unpaired) electrons. The maximum Gasteiger partial charge on any atom is 0.293 e. The van der Waals surface area contributed by atoms with E-state index in [0.717, 1.165) is 19.5 Å². The van der Waals surface area contributed by atoms with Crippen LogP contribution in [0.2, 0.25) is 0 Å². The summed E-state index contributed by atoms with van der Waals surface area (Å²) in [5.41, 5.74) is 0.0201. The first-order valence-electron chi connectivity index (χ1n) is 6.24. The van der Waals surface area contributed by atoms with Gasteiger partial charge in [-0.05, 0) is 26.8 Å². The van der Waals surface area contributed by atoms with Crippen LogP contribution in [0.15, 0.2) is 17.2 Å². The Morgan fingerprint density at radius 1 is 1.59 bits per heavy atom. The molecule has 94 valence electrons. The Hall–Kier alpha value is -1.36. The lowest BCUT2D eigenvalue weighted by molar-refractivity contribution is 0.446. The zero-order valence-corrected chi connectivity index (χ0v) is 10.5. The van der Waals surface area contributed by atoms with Gasteiger partial charge in [-0.2, -0.15) is 0 Å². The minimum Gasteiger partial charge on any atom is -0.350 e. The van der Waals surface area contributed by atoms with E-state index in [-0.39, 0.29) is 5.56 Å². The van der Waals surface area contributed by atoms with E-state index in [1.807, 2.05) is 14.0 Å². The number of hydrogen-bond acceptors (Lipinski definition) is 4. The molecule has 0 bridgehead atoms. The maximum atomic E-state index is 12.1. The summed E-state index contributed by atoms with van der Waals surface area (Å²) >= 11 is 0. The van der Waals surface area contributed by atoms with E-state index in [4.69, 9.17) is 0 Å². The minimum absolute atomic E-state index is 0.0201. The summed E-state index contributed by atoms with van der Waals surface area (Å²) in [7, 11) is 1.97. The number of nitrogens with one attached hydrogen (secondary N) is 1. The number of aryl methyl sites for hydroxylation is 1. The highest BCUT2D eigenvalue weighted by Gasteiger charge is 2.21. The van der Waals surface area contributed by atoms with Crippen molar-refractivity contribution in [2.24, 2.45) is 0 Å². The molecule has 0 aromatic carbocycles. The zero-order chi connectivity index (χ0) is 12.3. The van der Waals surface area contributed by atoms with E-state index in [2.05, 4.69) is 15.2 Å². The van der Waals surface area contributed by atoms with Crippen LogP contribution in [-0.2, 0) is 6.54 Å². The van der Waals surface area contributed by atoms with Gasteiger partial charge in [-0.1, -0.05) is 0 Å². The van der Waals surface area contributed by atoms with Crippen LogP contribution in [0.4, 0.5) is 5.82 Å².